The van der Waals surface area contributed by atoms with Gasteiger partial charge >= 0.3 is 0 Å². The van der Waals surface area contributed by atoms with Crippen molar-refractivity contribution in [3.8, 4) is 0 Å². The van der Waals surface area contributed by atoms with E-state index in [1.54, 1.807) is 0 Å². The summed E-state index contributed by atoms with van der Waals surface area (Å²) in [7, 11) is 0. The van der Waals surface area contributed by atoms with E-state index in [-0.39, 0.29) is 6.17 Å². The van der Waals surface area contributed by atoms with Crippen molar-refractivity contribution >= 4 is 0 Å². The monoisotopic (exact) mass is 115 g/mol. The third kappa shape index (κ3) is 5.92. The molecule has 0 fully saturated rings. The average molecular weight is 115 g/mol. The first-order chi connectivity index (χ1) is 3.63. The van der Waals surface area contributed by atoms with Crippen molar-refractivity contribution in [3.63, 3.8) is 0 Å². The predicted octanol–water partition coefficient (Wildman–Crippen LogP) is 0.698. The highest BCUT2D eigenvalue weighted by Gasteiger charge is 1.94. The van der Waals surface area contributed by atoms with Crippen LogP contribution in [0.5, 0.6) is 0 Å². The molecule has 0 bridgehead atoms. The van der Waals surface area contributed by atoms with Crippen molar-refractivity contribution < 1.29 is 0 Å². The van der Waals surface area contributed by atoms with Gasteiger partial charge in [-0.1, -0.05) is 13.8 Å². The molecule has 2 heteroatoms. The first kappa shape index (κ1) is 7.92. The third-order valence-electron chi connectivity index (χ3n) is 0.692. The maximum Gasteiger partial charge on any atom is 0.0519 e. The van der Waals surface area contributed by atoms with E-state index >= 15 is 0 Å². The van der Waals surface area contributed by atoms with Gasteiger partial charge < -0.3 is 5.73 Å². The van der Waals surface area contributed by atoms with E-state index in [0.29, 0.717) is 5.92 Å². The minimum absolute atomic E-state index is 0.0809. The average Bonchev–Trinajstić information content (AvgIpc) is 1.61. The van der Waals surface area contributed by atoms with E-state index in [4.69, 9.17) is 5.73 Å². The van der Waals surface area contributed by atoms with Crippen LogP contribution in [0.1, 0.15) is 20.8 Å². The van der Waals surface area contributed by atoms with E-state index in [9.17, 15) is 0 Å². The van der Waals surface area contributed by atoms with Crippen molar-refractivity contribution in [3.05, 3.63) is 6.54 Å². The third-order valence-corrected chi connectivity index (χ3v) is 0.692. The minimum atomic E-state index is 0.0809. The van der Waals surface area contributed by atoms with Gasteiger partial charge in [0.15, 0.2) is 0 Å². The lowest BCUT2D eigenvalue weighted by atomic mass is 10.2. The minimum Gasteiger partial charge on any atom is -0.316 e. The summed E-state index contributed by atoms with van der Waals surface area (Å²) in [5, 5.41) is 3.00. The summed E-state index contributed by atoms with van der Waals surface area (Å²) in [4.78, 5) is 0. The largest absolute Gasteiger partial charge is 0.316 e. The lowest BCUT2D eigenvalue weighted by Gasteiger charge is -2.08. The smallest absolute Gasteiger partial charge is 0.0519 e. The normalized spacial score (nSPS) is 14.6. The SMILES string of the molecule is CC(C)[CH]NC(C)N. The summed E-state index contributed by atoms with van der Waals surface area (Å²) in [5.74, 6) is 0.570. The lowest BCUT2D eigenvalue weighted by Crippen LogP contribution is -2.33. The number of hydrogen-bond donors (Lipinski definition) is 2. The maximum absolute atomic E-state index is 5.40. The van der Waals surface area contributed by atoms with E-state index in [2.05, 4.69) is 19.2 Å². The lowest BCUT2D eigenvalue weighted by molar-refractivity contribution is 0.564. The molecular formula is C6H15N2. The Labute approximate surface area is 51.5 Å². The highest BCUT2D eigenvalue weighted by Crippen LogP contribution is 1.92. The van der Waals surface area contributed by atoms with Crippen LogP contribution in [0.2, 0.25) is 0 Å². The van der Waals surface area contributed by atoms with Gasteiger partial charge in [-0.25, -0.2) is 0 Å². The first-order valence-electron chi connectivity index (χ1n) is 2.98. The van der Waals surface area contributed by atoms with Crippen LogP contribution in [0.25, 0.3) is 0 Å². The predicted molar refractivity (Wildman–Crippen MR) is 35.9 cm³/mol. The van der Waals surface area contributed by atoms with Gasteiger partial charge in [-0.15, -0.1) is 0 Å². The van der Waals surface area contributed by atoms with Crippen molar-refractivity contribution in [2.24, 2.45) is 11.7 Å². The van der Waals surface area contributed by atoms with E-state index in [0.717, 1.165) is 0 Å². The molecule has 1 unspecified atom stereocenters. The standard InChI is InChI=1S/C6H15N2/c1-5(2)4-8-6(3)7/h4-6,8H,7H2,1-3H3. The second-order valence-corrected chi connectivity index (χ2v) is 2.37. The van der Waals surface area contributed by atoms with Gasteiger partial charge in [-0.05, 0) is 12.8 Å². The Bertz CT molecular complexity index is 42.5. The number of nitrogens with one attached hydrogen (secondary N) is 1. The molecule has 1 atom stereocenters. The summed E-state index contributed by atoms with van der Waals surface area (Å²) < 4.78 is 0. The molecule has 0 saturated carbocycles. The van der Waals surface area contributed by atoms with Crippen LogP contribution in [-0.4, -0.2) is 6.17 Å². The summed E-state index contributed by atoms with van der Waals surface area (Å²) >= 11 is 0. The zero-order valence-corrected chi connectivity index (χ0v) is 5.81. The Kier molecular flexibility index (Phi) is 3.83. The van der Waals surface area contributed by atoms with Gasteiger partial charge in [0.05, 0.1) is 6.17 Å². The molecule has 0 heterocycles. The van der Waals surface area contributed by atoms with Gasteiger partial charge in [-0.2, -0.15) is 0 Å². The zero-order chi connectivity index (χ0) is 6.57. The molecular weight excluding hydrogens is 100 g/mol. The van der Waals surface area contributed by atoms with Gasteiger partial charge in [-0.3, -0.25) is 5.32 Å². The van der Waals surface area contributed by atoms with Crippen LogP contribution in [0.4, 0.5) is 0 Å². The molecule has 0 aromatic heterocycles. The van der Waals surface area contributed by atoms with Crippen LogP contribution >= 0.6 is 0 Å². The molecule has 0 aliphatic rings. The molecule has 8 heavy (non-hydrogen) atoms. The van der Waals surface area contributed by atoms with Crippen molar-refractivity contribution in [1.82, 2.24) is 5.32 Å². The van der Waals surface area contributed by atoms with Crippen LogP contribution < -0.4 is 11.1 Å². The highest BCUT2D eigenvalue weighted by atomic mass is 15.0. The Morgan fingerprint density at radius 1 is 1.38 bits per heavy atom. The fourth-order valence-corrected chi connectivity index (χ4v) is 0.344. The van der Waals surface area contributed by atoms with E-state index in [1.165, 1.54) is 0 Å². The summed E-state index contributed by atoms with van der Waals surface area (Å²) in [6.07, 6.45) is 0.0809. The maximum atomic E-state index is 5.40. The van der Waals surface area contributed by atoms with Crippen LogP contribution in [0.15, 0.2) is 0 Å². The molecule has 0 saturated heterocycles. The summed E-state index contributed by atoms with van der Waals surface area (Å²) in [5.41, 5.74) is 5.40. The zero-order valence-electron chi connectivity index (χ0n) is 5.81. The number of hydrogen-bond acceptors (Lipinski definition) is 2. The van der Waals surface area contributed by atoms with E-state index < -0.39 is 0 Å². The molecule has 0 aliphatic heterocycles. The van der Waals surface area contributed by atoms with Crippen molar-refractivity contribution in [2.45, 2.75) is 26.9 Å². The molecule has 0 aliphatic carbocycles. The summed E-state index contributed by atoms with van der Waals surface area (Å²) in [6, 6.07) is 0. The molecule has 2 nitrogen and oxygen atoms in total. The Hall–Kier alpha value is -0.0800. The Morgan fingerprint density at radius 3 is 2.00 bits per heavy atom. The fraction of sp³-hybridized carbons (Fsp3) is 0.833. The second kappa shape index (κ2) is 3.87. The van der Waals surface area contributed by atoms with Gasteiger partial charge in [0, 0.05) is 6.54 Å². The molecule has 3 N–H and O–H groups in total. The number of rotatable bonds is 3. The Morgan fingerprint density at radius 2 is 1.88 bits per heavy atom. The molecule has 0 amide bonds. The topological polar surface area (TPSA) is 38.0 Å². The van der Waals surface area contributed by atoms with Gasteiger partial charge in [0.25, 0.3) is 0 Å². The molecule has 49 valence electrons. The van der Waals surface area contributed by atoms with Crippen LogP contribution in [0, 0.1) is 12.5 Å². The van der Waals surface area contributed by atoms with Crippen LogP contribution in [-0.2, 0) is 0 Å². The van der Waals surface area contributed by atoms with Gasteiger partial charge in [0.1, 0.15) is 0 Å². The molecule has 1 radical (unpaired) electrons. The molecule has 0 spiro atoms. The summed E-state index contributed by atoms with van der Waals surface area (Å²) in [6.45, 7) is 8.12. The number of nitrogens with two attached hydrogens (primary N) is 1. The quantitative estimate of drug-likeness (QED) is 0.531. The van der Waals surface area contributed by atoms with Gasteiger partial charge in [0.2, 0.25) is 0 Å². The second-order valence-electron chi connectivity index (χ2n) is 2.37. The van der Waals surface area contributed by atoms with E-state index in [1.807, 2.05) is 13.5 Å². The fourth-order valence-electron chi connectivity index (χ4n) is 0.344. The molecule has 0 aromatic rings. The van der Waals surface area contributed by atoms with Crippen LogP contribution in [0.3, 0.4) is 0 Å². The molecule has 0 rings (SSSR count). The Balaban J connectivity index is 2.93. The van der Waals surface area contributed by atoms with Crippen molar-refractivity contribution in [1.29, 1.82) is 0 Å². The van der Waals surface area contributed by atoms with Crippen molar-refractivity contribution in [2.75, 3.05) is 0 Å². The molecule has 0 aromatic carbocycles. The first-order valence-corrected chi connectivity index (χ1v) is 2.98. The highest BCUT2D eigenvalue weighted by molar-refractivity contribution is 4.67.